The molecule has 4 aromatic rings. The standard InChI is InChI=1S/C23H24N10O/c1-15-22(27-29-33(15)19-4-8-31(14-25)9-5-19)17-10-21(23-18(11-24)12-26-32(23)13-17)34-16(2)20-6-7-30(3)28-20/h6-7,10,12-13,16,19H,4-5,8-9H2,1-3H3/t16-/m1/s1. The second kappa shape index (κ2) is 8.52. The van der Waals surface area contributed by atoms with E-state index in [1.54, 1.807) is 14.1 Å². The van der Waals surface area contributed by atoms with Crippen LogP contribution in [0.15, 0.2) is 30.7 Å². The van der Waals surface area contributed by atoms with E-state index in [2.05, 4.69) is 32.8 Å². The fourth-order valence-corrected chi connectivity index (χ4v) is 4.45. The van der Waals surface area contributed by atoms with Crippen LogP contribution in [0.5, 0.6) is 5.75 Å². The number of aryl methyl sites for hydroxylation is 1. The minimum atomic E-state index is -0.330. The normalized spacial score (nSPS) is 15.3. The summed E-state index contributed by atoms with van der Waals surface area (Å²) in [5, 5.41) is 36.4. The van der Waals surface area contributed by atoms with Gasteiger partial charge < -0.3 is 9.64 Å². The Kier molecular flexibility index (Phi) is 5.38. The third kappa shape index (κ3) is 3.71. The summed E-state index contributed by atoms with van der Waals surface area (Å²) in [7, 11) is 1.86. The first kappa shape index (κ1) is 21.5. The highest BCUT2D eigenvalue weighted by Crippen LogP contribution is 2.34. The Bertz CT molecular complexity index is 1420. The topological polar surface area (TPSA) is 126 Å². The van der Waals surface area contributed by atoms with Crippen molar-refractivity contribution in [2.24, 2.45) is 7.05 Å². The van der Waals surface area contributed by atoms with E-state index in [-0.39, 0.29) is 12.1 Å². The van der Waals surface area contributed by atoms with Crippen molar-refractivity contribution in [1.29, 1.82) is 10.5 Å². The number of aromatic nitrogens is 7. The van der Waals surface area contributed by atoms with E-state index in [4.69, 9.17) is 10.00 Å². The molecule has 11 heteroatoms. The Labute approximate surface area is 196 Å². The molecule has 1 saturated heterocycles. The minimum Gasteiger partial charge on any atom is -0.482 e. The Hall–Kier alpha value is -4.38. The van der Waals surface area contributed by atoms with Crippen molar-refractivity contribution < 1.29 is 4.74 Å². The van der Waals surface area contributed by atoms with Gasteiger partial charge in [-0.2, -0.15) is 20.7 Å². The zero-order valence-electron chi connectivity index (χ0n) is 19.3. The van der Waals surface area contributed by atoms with Crippen LogP contribution in [-0.2, 0) is 7.05 Å². The lowest BCUT2D eigenvalue weighted by molar-refractivity contribution is 0.223. The highest BCUT2D eigenvalue weighted by Gasteiger charge is 2.25. The molecule has 0 saturated carbocycles. The summed E-state index contributed by atoms with van der Waals surface area (Å²) in [5.41, 5.74) is 4.28. The highest BCUT2D eigenvalue weighted by molar-refractivity contribution is 5.74. The van der Waals surface area contributed by atoms with Gasteiger partial charge in [-0.25, -0.2) is 9.20 Å². The predicted molar refractivity (Wildman–Crippen MR) is 121 cm³/mol. The first-order chi connectivity index (χ1) is 16.5. The number of hydrogen-bond donors (Lipinski definition) is 0. The molecule has 172 valence electrons. The van der Waals surface area contributed by atoms with E-state index < -0.39 is 0 Å². The molecule has 1 aliphatic heterocycles. The summed E-state index contributed by atoms with van der Waals surface area (Å²) in [4.78, 5) is 1.77. The Morgan fingerprint density at radius 1 is 1.24 bits per heavy atom. The molecule has 1 atom stereocenters. The van der Waals surface area contributed by atoms with E-state index >= 15 is 0 Å². The maximum Gasteiger partial charge on any atom is 0.179 e. The van der Waals surface area contributed by atoms with Crippen molar-refractivity contribution in [3.63, 3.8) is 0 Å². The van der Waals surface area contributed by atoms with Crippen LogP contribution in [0, 0.1) is 29.7 Å². The van der Waals surface area contributed by atoms with Gasteiger partial charge in [0.1, 0.15) is 40.4 Å². The molecule has 0 unspecified atom stereocenters. The van der Waals surface area contributed by atoms with Crippen LogP contribution in [-0.4, -0.2) is 52.4 Å². The van der Waals surface area contributed by atoms with Gasteiger partial charge >= 0.3 is 0 Å². The molecule has 1 aliphatic rings. The smallest absolute Gasteiger partial charge is 0.179 e. The van der Waals surface area contributed by atoms with Gasteiger partial charge in [-0.3, -0.25) is 4.68 Å². The zero-order chi connectivity index (χ0) is 23.8. The molecule has 0 spiro atoms. The summed E-state index contributed by atoms with van der Waals surface area (Å²) in [6, 6.07) is 6.18. The van der Waals surface area contributed by atoms with Gasteiger partial charge in [0.2, 0.25) is 0 Å². The van der Waals surface area contributed by atoms with Crippen LogP contribution in [0.25, 0.3) is 16.8 Å². The second-order valence-electron chi connectivity index (χ2n) is 8.52. The number of piperidine rings is 1. The van der Waals surface area contributed by atoms with E-state index in [9.17, 15) is 5.26 Å². The van der Waals surface area contributed by atoms with Crippen LogP contribution in [0.3, 0.4) is 0 Å². The minimum absolute atomic E-state index is 0.198. The zero-order valence-corrected chi connectivity index (χ0v) is 19.3. The molecule has 4 aromatic heterocycles. The monoisotopic (exact) mass is 456 g/mol. The van der Waals surface area contributed by atoms with Crippen molar-refractivity contribution in [2.75, 3.05) is 13.1 Å². The average Bonchev–Trinajstić information content (AvgIpc) is 3.57. The molecule has 0 amide bonds. The summed E-state index contributed by atoms with van der Waals surface area (Å²) in [6.07, 6.45) is 8.81. The average molecular weight is 457 g/mol. The maximum absolute atomic E-state index is 9.59. The fourth-order valence-electron chi connectivity index (χ4n) is 4.45. The van der Waals surface area contributed by atoms with Crippen molar-refractivity contribution in [3.05, 3.63) is 47.7 Å². The third-order valence-corrected chi connectivity index (χ3v) is 6.30. The van der Waals surface area contributed by atoms with Crippen LogP contribution in [0.2, 0.25) is 0 Å². The molecular weight excluding hydrogens is 432 g/mol. The lowest BCUT2D eigenvalue weighted by atomic mass is 10.0. The number of ether oxygens (including phenoxy) is 1. The van der Waals surface area contributed by atoms with E-state index in [0.29, 0.717) is 16.8 Å². The fraction of sp³-hybridized carbons (Fsp3) is 0.391. The number of nitrogens with zero attached hydrogens (tertiary/aromatic N) is 10. The lowest BCUT2D eigenvalue weighted by Crippen LogP contribution is -2.31. The number of likely N-dealkylation sites (tertiary alicyclic amines) is 1. The van der Waals surface area contributed by atoms with Crippen molar-refractivity contribution in [2.45, 2.75) is 38.8 Å². The molecule has 11 nitrogen and oxygen atoms in total. The van der Waals surface area contributed by atoms with Crippen LogP contribution < -0.4 is 4.74 Å². The van der Waals surface area contributed by atoms with Crippen molar-refractivity contribution >= 4 is 5.52 Å². The van der Waals surface area contributed by atoms with Gasteiger partial charge in [0.25, 0.3) is 0 Å². The number of rotatable bonds is 5. The molecular formula is C23H24N10O. The van der Waals surface area contributed by atoms with Gasteiger partial charge in [0.15, 0.2) is 6.19 Å². The largest absolute Gasteiger partial charge is 0.482 e. The van der Waals surface area contributed by atoms with Gasteiger partial charge in [-0.1, -0.05) is 5.21 Å². The Balaban J connectivity index is 1.52. The second-order valence-corrected chi connectivity index (χ2v) is 8.52. The molecule has 5 rings (SSSR count). The molecule has 0 bridgehead atoms. The first-order valence-corrected chi connectivity index (χ1v) is 11.1. The summed E-state index contributed by atoms with van der Waals surface area (Å²) < 4.78 is 11.6. The lowest BCUT2D eigenvalue weighted by Gasteiger charge is -2.28. The van der Waals surface area contributed by atoms with Gasteiger partial charge in [0, 0.05) is 38.1 Å². The quantitative estimate of drug-likeness (QED) is 0.420. The van der Waals surface area contributed by atoms with E-state index in [1.165, 1.54) is 6.20 Å². The van der Waals surface area contributed by atoms with Crippen LogP contribution >= 0.6 is 0 Å². The van der Waals surface area contributed by atoms with Gasteiger partial charge in [0.05, 0.1) is 17.9 Å². The van der Waals surface area contributed by atoms with Crippen LogP contribution in [0.1, 0.15) is 48.9 Å². The number of nitriles is 2. The number of hydrogen-bond acceptors (Lipinski definition) is 8. The van der Waals surface area contributed by atoms with Crippen LogP contribution in [0.4, 0.5) is 0 Å². The molecule has 34 heavy (non-hydrogen) atoms. The molecule has 0 radical (unpaired) electrons. The molecule has 0 aromatic carbocycles. The van der Waals surface area contributed by atoms with E-state index in [1.807, 2.05) is 50.1 Å². The van der Waals surface area contributed by atoms with Crippen molar-refractivity contribution in [1.82, 2.24) is 39.3 Å². The SMILES string of the molecule is Cc1c(-c2cc(O[C@H](C)c3ccn(C)n3)c3c(C#N)cnn3c2)nnn1C1CCN(C#N)CC1. The Morgan fingerprint density at radius 3 is 2.71 bits per heavy atom. The molecule has 0 N–H and O–H groups in total. The maximum atomic E-state index is 9.59. The first-order valence-electron chi connectivity index (χ1n) is 11.1. The molecule has 5 heterocycles. The molecule has 1 fully saturated rings. The summed E-state index contributed by atoms with van der Waals surface area (Å²) >= 11 is 0. The number of fused-ring (bicyclic) bond motifs is 1. The predicted octanol–water partition coefficient (Wildman–Crippen LogP) is 2.76. The van der Waals surface area contributed by atoms with Gasteiger partial charge in [-0.15, -0.1) is 5.10 Å². The number of pyridine rings is 1. The third-order valence-electron chi connectivity index (χ3n) is 6.30. The summed E-state index contributed by atoms with van der Waals surface area (Å²) in [5.74, 6) is 0.529. The highest BCUT2D eigenvalue weighted by atomic mass is 16.5. The Morgan fingerprint density at radius 2 is 2.03 bits per heavy atom. The van der Waals surface area contributed by atoms with Crippen molar-refractivity contribution in [3.8, 4) is 29.3 Å². The van der Waals surface area contributed by atoms with E-state index in [0.717, 1.165) is 48.6 Å². The summed E-state index contributed by atoms with van der Waals surface area (Å²) in [6.45, 7) is 5.35. The van der Waals surface area contributed by atoms with Gasteiger partial charge in [-0.05, 0) is 38.8 Å². The molecule has 0 aliphatic carbocycles.